The molecule has 0 saturated carbocycles. The van der Waals surface area contributed by atoms with Gasteiger partial charge in [-0.2, -0.15) is 0 Å². The highest BCUT2D eigenvalue weighted by molar-refractivity contribution is 5.76. The highest BCUT2D eigenvalue weighted by atomic mass is 16.5. The summed E-state index contributed by atoms with van der Waals surface area (Å²) in [4.78, 5) is 14.0. The van der Waals surface area contributed by atoms with Gasteiger partial charge in [-0.1, -0.05) is 37.3 Å². The maximum absolute atomic E-state index is 11.8. The molecule has 0 amide bonds. The van der Waals surface area contributed by atoms with E-state index in [0.717, 1.165) is 19.5 Å². The lowest BCUT2D eigenvalue weighted by Crippen LogP contribution is -2.46. The number of esters is 1. The van der Waals surface area contributed by atoms with Gasteiger partial charge in [-0.15, -0.1) is 0 Å². The number of carbonyl (C=O) groups excluding carboxylic acids is 1. The molecule has 0 aliphatic carbocycles. The summed E-state index contributed by atoms with van der Waals surface area (Å²) in [7, 11) is 2.03. The molecule has 20 heavy (non-hydrogen) atoms. The molecule has 1 aromatic carbocycles. The van der Waals surface area contributed by atoms with Crippen LogP contribution in [0.4, 0.5) is 0 Å². The Labute approximate surface area is 122 Å². The van der Waals surface area contributed by atoms with E-state index in [1.807, 2.05) is 27.0 Å². The molecule has 1 rings (SSSR count). The van der Waals surface area contributed by atoms with Crippen LogP contribution in [0.2, 0.25) is 0 Å². The Morgan fingerprint density at radius 3 is 2.60 bits per heavy atom. The van der Waals surface area contributed by atoms with E-state index < -0.39 is 0 Å². The van der Waals surface area contributed by atoms with Crippen LogP contribution in [-0.2, 0) is 16.0 Å². The minimum Gasteiger partial charge on any atom is -0.465 e. The number of likely N-dealkylation sites (N-methyl/N-ethyl adjacent to an activating group) is 2. The molecule has 1 N–H and O–H groups in total. The highest BCUT2D eigenvalue weighted by Gasteiger charge is 2.20. The van der Waals surface area contributed by atoms with Crippen LogP contribution in [0.25, 0.3) is 0 Å². The largest absolute Gasteiger partial charge is 0.465 e. The molecule has 112 valence electrons. The van der Waals surface area contributed by atoms with Crippen molar-refractivity contribution in [3.8, 4) is 0 Å². The normalized spacial score (nSPS) is 12.4. The molecule has 4 nitrogen and oxygen atoms in total. The molecule has 0 aliphatic heterocycles. The Morgan fingerprint density at radius 1 is 1.30 bits per heavy atom. The van der Waals surface area contributed by atoms with E-state index in [-0.39, 0.29) is 12.0 Å². The van der Waals surface area contributed by atoms with E-state index in [1.165, 1.54) is 5.56 Å². The van der Waals surface area contributed by atoms with Crippen LogP contribution in [-0.4, -0.2) is 50.2 Å². The van der Waals surface area contributed by atoms with Gasteiger partial charge >= 0.3 is 5.97 Å². The number of rotatable bonds is 9. The zero-order valence-corrected chi connectivity index (χ0v) is 12.8. The van der Waals surface area contributed by atoms with Crippen molar-refractivity contribution in [1.82, 2.24) is 10.2 Å². The second-order valence-electron chi connectivity index (χ2n) is 4.86. The monoisotopic (exact) mass is 278 g/mol. The number of benzene rings is 1. The van der Waals surface area contributed by atoms with Gasteiger partial charge in [-0.05, 0) is 32.5 Å². The van der Waals surface area contributed by atoms with Crippen molar-refractivity contribution in [3.63, 3.8) is 0 Å². The van der Waals surface area contributed by atoms with Crippen molar-refractivity contribution in [3.05, 3.63) is 35.9 Å². The second kappa shape index (κ2) is 9.50. The summed E-state index contributed by atoms with van der Waals surface area (Å²) in [6.07, 6.45) is 0.985. The predicted molar refractivity (Wildman–Crippen MR) is 81.7 cm³/mol. The van der Waals surface area contributed by atoms with Gasteiger partial charge in [0.25, 0.3) is 0 Å². The van der Waals surface area contributed by atoms with Crippen LogP contribution in [0.1, 0.15) is 19.4 Å². The van der Waals surface area contributed by atoms with E-state index in [2.05, 4.69) is 34.5 Å². The van der Waals surface area contributed by atoms with E-state index in [4.69, 9.17) is 4.74 Å². The summed E-state index contributed by atoms with van der Waals surface area (Å²) in [5.74, 6) is -0.166. The minimum atomic E-state index is -0.249. The van der Waals surface area contributed by atoms with Gasteiger partial charge in [0.05, 0.1) is 6.61 Å². The van der Waals surface area contributed by atoms with E-state index in [1.54, 1.807) is 0 Å². The lowest BCUT2D eigenvalue weighted by atomic mass is 10.1. The highest BCUT2D eigenvalue weighted by Crippen LogP contribution is 2.01. The van der Waals surface area contributed by atoms with Gasteiger partial charge in [0.1, 0.15) is 6.04 Å². The molecule has 0 aliphatic rings. The third kappa shape index (κ3) is 6.17. The number of nitrogens with one attached hydrogen (secondary N) is 1. The first-order valence-corrected chi connectivity index (χ1v) is 7.29. The standard InChI is InChI=1S/C16H26N2O2/c1-4-17-15(16(19)20-5-2)13-18(3)12-11-14-9-7-6-8-10-14/h6-10,15,17H,4-5,11-13H2,1-3H3. The molecular formula is C16H26N2O2. The molecule has 4 heteroatoms. The van der Waals surface area contributed by atoms with Gasteiger partial charge < -0.3 is 15.0 Å². The zero-order valence-electron chi connectivity index (χ0n) is 12.8. The first-order valence-electron chi connectivity index (χ1n) is 7.29. The van der Waals surface area contributed by atoms with Crippen LogP contribution in [0.5, 0.6) is 0 Å². The first-order chi connectivity index (χ1) is 9.67. The van der Waals surface area contributed by atoms with Gasteiger partial charge in [0.2, 0.25) is 0 Å². The molecular weight excluding hydrogens is 252 g/mol. The quantitative estimate of drug-likeness (QED) is 0.698. The number of ether oxygens (including phenoxy) is 1. The fraction of sp³-hybridized carbons (Fsp3) is 0.562. The summed E-state index contributed by atoms with van der Waals surface area (Å²) in [5, 5.41) is 3.18. The van der Waals surface area contributed by atoms with Gasteiger partial charge in [-0.25, -0.2) is 0 Å². The van der Waals surface area contributed by atoms with Gasteiger partial charge in [0, 0.05) is 13.1 Å². The fourth-order valence-corrected chi connectivity index (χ4v) is 2.08. The van der Waals surface area contributed by atoms with E-state index in [9.17, 15) is 4.79 Å². The topological polar surface area (TPSA) is 41.6 Å². The molecule has 0 fully saturated rings. The van der Waals surface area contributed by atoms with E-state index in [0.29, 0.717) is 13.2 Å². The molecule has 0 heterocycles. The van der Waals surface area contributed by atoms with Crippen molar-refractivity contribution < 1.29 is 9.53 Å². The van der Waals surface area contributed by atoms with Crippen molar-refractivity contribution in [2.45, 2.75) is 26.3 Å². The number of hydrogen-bond donors (Lipinski definition) is 1. The van der Waals surface area contributed by atoms with E-state index >= 15 is 0 Å². The lowest BCUT2D eigenvalue weighted by Gasteiger charge is -2.23. The SMILES string of the molecule is CCNC(CN(C)CCc1ccccc1)C(=O)OCC. The van der Waals surface area contributed by atoms with Gasteiger partial charge in [0.15, 0.2) is 0 Å². The number of nitrogens with zero attached hydrogens (tertiary/aromatic N) is 1. The first kappa shape index (κ1) is 16.7. The number of hydrogen-bond acceptors (Lipinski definition) is 4. The summed E-state index contributed by atoms with van der Waals surface area (Å²) in [5.41, 5.74) is 1.32. The Morgan fingerprint density at radius 2 is 2.00 bits per heavy atom. The van der Waals surface area contributed by atoms with Crippen molar-refractivity contribution in [2.75, 3.05) is 33.3 Å². The third-order valence-electron chi connectivity index (χ3n) is 3.14. The van der Waals surface area contributed by atoms with Crippen molar-refractivity contribution in [2.24, 2.45) is 0 Å². The Balaban J connectivity index is 2.41. The molecule has 0 aromatic heterocycles. The average Bonchev–Trinajstić information content (AvgIpc) is 2.46. The molecule has 0 radical (unpaired) electrons. The molecule has 1 atom stereocenters. The number of carbonyl (C=O) groups is 1. The predicted octanol–water partition coefficient (Wildman–Crippen LogP) is 1.70. The fourth-order valence-electron chi connectivity index (χ4n) is 2.08. The average molecular weight is 278 g/mol. The molecule has 0 spiro atoms. The van der Waals surface area contributed by atoms with Crippen LogP contribution < -0.4 is 5.32 Å². The Kier molecular flexibility index (Phi) is 7.92. The summed E-state index contributed by atoms with van der Waals surface area (Å²) in [6, 6.07) is 10.1. The second-order valence-corrected chi connectivity index (χ2v) is 4.86. The van der Waals surface area contributed by atoms with Crippen LogP contribution in [0, 0.1) is 0 Å². The molecule has 0 saturated heterocycles. The van der Waals surface area contributed by atoms with Gasteiger partial charge in [-0.3, -0.25) is 4.79 Å². The summed E-state index contributed by atoms with van der Waals surface area (Å²) < 4.78 is 5.09. The molecule has 1 unspecified atom stereocenters. The van der Waals surface area contributed by atoms with Crippen molar-refractivity contribution >= 4 is 5.97 Å². The lowest BCUT2D eigenvalue weighted by molar-refractivity contribution is -0.146. The minimum absolute atomic E-state index is 0.166. The maximum atomic E-state index is 11.8. The molecule has 0 bridgehead atoms. The van der Waals surface area contributed by atoms with Crippen LogP contribution in [0.3, 0.4) is 0 Å². The smallest absolute Gasteiger partial charge is 0.324 e. The van der Waals surface area contributed by atoms with Crippen LogP contribution in [0.15, 0.2) is 30.3 Å². The summed E-state index contributed by atoms with van der Waals surface area (Å²) in [6.45, 7) is 6.60. The Hall–Kier alpha value is -1.39. The molecule has 1 aromatic rings. The maximum Gasteiger partial charge on any atom is 0.324 e. The third-order valence-corrected chi connectivity index (χ3v) is 3.14. The Bertz CT molecular complexity index is 381. The zero-order chi connectivity index (χ0) is 14.8. The van der Waals surface area contributed by atoms with Crippen LogP contribution >= 0.6 is 0 Å². The summed E-state index contributed by atoms with van der Waals surface area (Å²) >= 11 is 0. The van der Waals surface area contributed by atoms with Crippen molar-refractivity contribution in [1.29, 1.82) is 0 Å².